The molecule has 0 radical (unpaired) electrons. The zero-order chi connectivity index (χ0) is 16.2. The van der Waals surface area contributed by atoms with Gasteiger partial charge in [-0.25, -0.2) is 17.2 Å². The molecule has 1 N–H and O–H groups in total. The normalized spacial score (nSPS) is 11.9. The molecule has 0 fully saturated rings. The maximum absolute atomic E-state index is 12.3. The summed E-state index contributed by atoms with van der Waals surface area (Å²) >= 11 is 0. The van der Waals surface area contributed by atoms with Crippen molar-refractivity contribution in [3.05, 3.63) is 28.3 Å². The summed E-state index contributed by atoms with van der Waals surface area (Å²) in [6, 6.07) is 3.69. The van der Waals surface area contributed by atoms with E-state index in [2.05, 4.69) is 5.32 Å². The van der Waals surface area contributed by atoms with Crippen LogP contribution in [0, 0.1) is 10.1 Å². The Morgan fingerprint density at radius 1 is 1.43 bits per heavy atom. The monoisotopic (exact) mass is 323 g/mol. The van der Waals surface area contributed by atoms with Crippen LogP contribution in [-0.4, -0.2) is 44.2 Å². The quantitative estimate of drug-likeness (QED) is 0.611. The second-order valence-corrected chi connectivity index (χ2v) is 6.13. The van der Waals surface area contributed by atoms with Crippen molar-refractivity contribution in [3.63, 3.8) is 0 Å². The summed E-state index contributed by atoms with van der Waals surface area (Å²) in [4.78, 5) is 9.68. The van der Waals surface area contributed by atoms with E-state index in [1.165, 1.54) is 12.1 Å². The third-order valence-electron chi connectivity index (χ3n) is 2.63. The van der Waals surface area contributed by atoms with E-state index < -0.39 is 38.5 Å². The maximum atomic E-state index is 12.3. The van der Waals surface area contributed by atoms with E-state index in [4.69, 9.17) is 0 Å². The lowest BCUT2D eigenvalue weighted by Crippen LogP contribution is -2.31. The fourth-order valence-corrected chi connectivity index (χ4v) is 3.04. The van der Waals surface area contributed by atoms with E-state index in [0.29, 0.717) is 10.8 Å². The molecule has 0 aromatic heterocycles. The minimum absolute atomic E-state index is 0.0222. The van der Waals surface area contributed by atoms with Gasteiger partial charge in [-0.15, -0.1) is 0 Å². The summed E-state index contributed by atoms with van der Waals surface area (Å²) in [5.74, 6) is 0. The average molecular weight is 323 g/mol. The van der Waals surface area contributed by atoms with Gasteiger partial charge in [0.25, 0.3) is 6.43 Å². The summed E-state index contributed by atoms with van der Waals surface area (Å²) in [5, 5.41) is 13.8. The Balaban J connectivity index is 3.41. The van der Waals surface area contributed by atoms with Crippen molar-refractivity contribution >= 4 is 21.4 Å². The molecule has 0 amide bonds. The van der Waals surface area contributed by atoms with E-state index in [0.717, 1.165) is 13.1 Å². The summed E-state index contributed by atoms with van der Waals surface area (Å²) < 4.78 is 49.5. The summed E-state index contributed by atoms with van der Waals surface area (Å²) in [5.41, 5.74) is -0.630. The van der Waals surface area contributed by atoms with Crippen LogP contribution in [0.1, 0.15) is 6.92 Å². The summed E-state index contributed by atoms with van der Waals surface area (Å²) in [6.07, 6.45) is -2.87. The first-order valence-electron chi connectivity index (χ1n) is 5.97. The largest absolute Gasteiger partial charge is 0.380 e. The van der Waals surface area contributed by atoms with Crippen molar-refractivity contribution in [2.75, 3.05) is 25.5 Å². The van der Waals surface area contributed by atoms with Crippen molar-refractivity contribution in [1.82, 2.24) is 4.31 Å². The van der Waals surface area contributed by atoms with Gasteiger partial charge in [0.15, 0.2) is 4.90 Å². The highest BCUT2D eigenvalue weighted by Gasteiger charge is 2.32. The van der Waals surface area contributed by atoms with Crippen LogP contribution >= 0.6 is 0 Å². The predicted molar refractivity (Wildman–Crippen MR) is 73.1 cm³/mol. The Morgan fingerprint density at radius 3 is 2.52 bits per heavy atom. The molecule has 0 heterocycles. The highest BCUT2D eigenvalue weighted by Crippen LogP contribution is 2.33. The molecular formula is C11H15F2N3O4S. The van der Waals surface area contributed by atoms with E-state index in [-0.39, 0.29) is 5.69 Å². The lowest BCUT2D eigenvalue weighted by atomic mass is 10.2. The highest BCUT2D eigenvalue weighted by molar-refractivity contribution is 7.89. The molecule has 1 rings (SSSR count). The van der Waals surface area contributed by atoms with Gasteiger partial charge in [-0.1, -0.05) is 6.07 Å². The van der Waals surface area contributed by atoms with E-state index in [9.17, 15) is 27.3 Å². The van der Waals surface area contributed by atoms with Gasteiger partial charge >= 0.3 is 5.69 Å². The zero-order valence-electron chi connectivity index (χ0n) is 11.4. The standard InChI is InChI=1S/C11H15F2N3O4S/c1-3-14-8-5-4-6-9(11(8)16(17)18)21(19,20)15(2)7-10(12)13/h4-6,10,14H,3,7H2,1-2H3. The predicted octanol–water partition coefficient (Wildman–Crippen LogP) is 1.91. The van der Waals surface area contributed by atoms with Crippen molar-refractivity contribution in [3.8, 4) is 0 Å². The number of benzene rings is 1. The molecule has 0 spiro atoms. The minimum Gasteiger partial charge on any atom is -0.380 e. The van der Waals surface area contributed by atoms with Crippen LogP contribution in [0.15, 0.2) is 23.1 Å². The van der Waals surface area contributed by atoms with Crippen molar-refractivity contribution in [2.45, 2.75) is 18.2 Å². The Bertz CT molecular complexity index is 622. The number of hydrogen-bond acceptors (Lipinski definition) is 5. The van der Waals surface area contributed by atoms with Crippen LogP contribution < -0.4 is 5.32 Å². The molecule has 0 saturated carbocycles. The van der Waals surface area contributed by atoms with Gasteiger partial charge in [0.2, 0.25) is 10.0 Å². The highest BCUT2D eigenvalue weighted by atomic mass is 32.2. The first kappa shape index (κ1) is 17.2. The Labute approximate surface area is 120 Å². The minimum atomic E-state index is -4.38. The molecule has 1 aromatic carbocycles. The number of nitro groups is 1. The number of hydrogen-bond donors (Lipinski definition) is 1. The van der Waals surface area contributed by atoms with Gasteiger partial charge in [-0.2, -0.15) is 4.31 Å². The third-order valence-corrected chi connectivity index (χ3v) is 4.49. The SMILES string of the molecule is CCNc1cccc(S(=O)(=O)N(C)CC(F)F)c1[N+](=O)[O-]. The molecule has 10 heteroatoms. The third kappa shape index (κ3) is 3.85. The van der Waals surface area contributed by atoms with Crippen molar-refractivity contribution in [1.29, 1.82) is 0 Å². The molecular weight excluding hydrogens is 308 g/mol. The van der Waals surface area contributed by atoms with Gasteiger partial charge in [0, 0.05) is 13.6 Å². The Hall–Kier alpha value is -1.81. The molecule has 0 aliphatic rings. The Morgan fingerprint density at radius 2 is 2.05 bits per heavy atom. The second-order valence-electron chi connectivity index (χ2n) is 4.12. The first-order chi connectivity index (χ1) is 9.71. The van der Waals surface area contributed by atoms with E-state index in [1.807, 2.05) is 0 Å². The van der Waals surface area contributed by atoms with Crippen molar-refractivity contribution < 1.29 is 22.1 Å². The van der Waals surface area contributed by atoms with Crippen LogP contribution in [0.25, 0.3) is 0 Å². The zero-order valence-corrected chi connectivity index (χ0v) is 12.2. The molecule has 118 valence electrons. The number of nitro benzene ring substituents is 1. The number of nitrogens with one attached hydrogen (secondary N) is 1. The maximum Gasteiger partial charge on any atom is 0.312 e. The number of nitrogens with zero attached hydrogens (tertiary/aromatic N) is 2. The van der Waals surface area contributed by atoms with Gasteiger partial charge in [0.05, 0.1) is 11.5 Å². The molecule has 0 saturated heterocycles. The molecule has 1 aromatic rings. The van der Waals surface area contributed by atoms with Gasteiger partial charge in [-0.05, 0) is 19.1 Å². The van der Waals surface area contributed by atoms with Gasteiger partial charge in [-0.3, -0.25) is 10.1 Å². The van der Waals surface area contributed by atoms with Crippen molar-refractivity contribution in [2.24, 2.45) is 0 Å². The van der Waals surface area contributed by atoms with Crippen LogP contribution in [-0.2, 0) is 10.0 Å². The topological polar surface area (TPSA) is 92.6 Å². The van der Waals surface area contributed by atoms with Gasteiger partial charge in [0.1, 0.15) is 5.69 Å². The lowest BCUT2D eigenvalue weighted by molar-refractivity contribution is -0.386. The molecule has 21 heavy (non-hydrogen) atoms. The molecule has 0 bridgehead atoms. The number of anilines is 1. The molecule has 0 atom stereocenters. The number of para-hydroxylation sites is 1. The van der Waals surface area contributed by atoms with Crippen LogP contribution in [0.5, 0.6) is 0 Å². The fourth-order valence-electron chi connectivity index (χ4n) is 1.71. The van der Waals surface area contributed by atoms with Crippen LogP contribution in [0.3, 0.4) is 0 Å². The smallest absolute Gasteiger partial charge is 0.312 e. The molecule has 0 unspecified atom stereocenters. The summed E-state index contributed by atoms with van der Waals surface area (Å²) in [7, 11) is -3.43. The number of halogens is 2. The molecule has 0 aliphatic heterocycles. The number of alkyl halides is 2. The van der Waals surface area contributed by atoms with E-state index >= 15 is 0 Å². The lowest BCUT2D eigenvalue weighted by Gasteiger charge is -2.17. The molecule has 7 nitrogen and oxygen atoms in total. The second kappa shape index (κ2) is 6.76. The summed E-state index contributed by atoms with van der Waals surface area (Å²) in [6.45, 7) is 0.996. The van der Waals surface area contributed by atoms with E-state index in [1.54, 1.807) is 6.92 Å². The Kier molecular flexibility index (Phi) is 5.55. The first-order valence-corrected chi connectivity index (χ1v) is 7.41. The average Bonchev–Trinajstić information content (AvgIpc) is 2.37. The van der Waals surface area contributed by atoms with Crippen LogP contribution in [0.2, 0.25) is 0 Å². The number of rotatable bonds is 7. The van der Waals surface area contributed by atoms with Gasteiger partial charge < -0.3 is 5.32 Å². The number of sulfonamides is 1. The fraction of sp³-hybridized carbons (Fsp3) is 0.455. The van der Waals surface area contributed by atoms with Crippen LogP contribution in [0.4, 0.5) is 20.2 Å². The molecule has 0 aliphatic carbocycles.